The fraction of sp³-hybridized carbons (Fsp3) is 0.238. The van der Waals surface area contributed by atoms with Crippen molar-refractivity contribution in [3.05, 3.63) is 71.0 Å². The zero-order chi connectivity index (χ0) is 20.3. The predicted molar refractivity (Wildman–Crippen MR) is 107 cm³/mol. The topological polar surface area (TPSA) is 88.9 Å². The van der Waals surface area contributed by atoms with Gasteiger partial charge >= 0.3 is 0 Å². The van der Waals surface area contributed by atoms with Crippen molar-refractivity contribution in [2.45, 2.75) is 33.7 Å². The van der Waals surface area contributed by atoms with E-state index >= 15 is 0 Å². The molecule has 1 heterocycles. The van der Waals surface area contributed by atoms with E-state index in [-0.39, 0.29) is 23.6 Å². The maximum Gasteiger partial charge on any atom is 0.274 e. The maximum atomic E-state index is 12.7. The molecule has 0 saturated carbocycles. The van der Waals surface area contributed by atoms with Crippen LogP contribution in [0.5, 0.6) is 0 Å². The number of aryl methyl sites for hydroxylation is 1. The molecule has 28 heavy (non-hydrogen) atoms. The van der Waals surface area contributed by atoms with E-state index in [1.807, 2.05) is 63.2 Å². The molecule has 1 aromatic heterocycles. The molecule has 0 radical (unpaired) electrons. The Morgan fingerprint density at radius 1 is 1.07 bits per heavy atom. The average Bonchev–Trinajstić information content (AvgIpc) is 3.03. The van der Waals surface area contributed by atoms with Crippen LogP contribution in [0.1, 0.15) is 47.2 Å². The molecule has 2 N–H and O–H groups in total. The molecule has 3 aromatic rings. The van der Waals surface area contributed by atoms with Crippen molar-refractivity contribution < 1.29 is 9.59 Å². The van der Waals surface area contributed by atoms with Crippen LogP contribution >= 0.6 is 0 Å². The van der Waals surface area contributed by atoms with Crippen LogP contribution in [0.4, 0.5) is 5.69 Å². The Morgan fingerprint density at radius 3 is 2.46 bits per heavy atom. The van der Waals surface area contributed by atoms with Gasteiger partial charge in [0.2, 0.25) is 5.91 Å². The minimum atomic E-state index is -0.298. The van der Waals surface area contributed by atoms with Crippen LogP contribution in [-0.4, -0.2) is 26.8 Å². The highest BCUT2D eigenvalue weighted by Gasteiger charge is 2.19. The van der Waals surface area contributed by atoms with Gasteiger partial charge in [0.05, 0.1) is 17.4 Å². The zero-order valence-electron chi connectivity index (χ0n) is 16.4. The van der Waals surface area contributed by atoms with E-state index < -0.39 is 0 Å². The summed E-state index contributed by atoms with van der Waals surface area (Å²) in [6, 6.07) is 15.0. The highest BCUT2D eigenvalue weighted by atomic mass is 16.2. The van der Waals surface area contributed by atoms with E-state index in [1.165, 1.54) is 6.92 Å². The Labute approximate surface area is 163 Å². The molecular weight excluding hydrogens is 354 g/mol. The Bertz CT molecular complexity index is 1010. The van der Waals surface area contributed by atoms with Crippen molar-refractivity contribution in [1.29, 1.82) is 0 Å². The summed E-state index contributed by atoms with van der Waals surface area (Å²) in [6.07, 6.45) is 0. The third-order valence-corrected chi connectivity index (χ3v) is 4.44. The van der Waals surface area contributed by atoms with Gasteiger partial charge in [-0.3, -0.25) is 9.59 Å². The van der Waals surface area contributed by atoms with Crippen LogP contribution in [0.25, 0.3) is 5.69 Å². The highest BCUT2D eigenvalue weighted by molar-refractivity contribution is 5.93. The van der Waals surface area contributed by atoms with Crippen molar-refractivity contribution >= 4 is 17.5 Å². The molecule has 144 valence electrons. The van der Waals surface area contributed by atoms with Gasteiger partial charge in [-0.05, 0) is 50.6 Å². The largest absolute Gasteiger partial charge is 0.344 e. The van der Waals surface area contributed by atoms with Gasteiger partial charge in [-0.15, -0.1) is 5.10 Å². The summed E-state index contributed by atoms with van der Waals surface area (Å²) in [6.45, 7) is 7.17. The fourth-order valence-electron chi connectivity index (χ4n) is 2.91. The normalized spacial score (nSPS) is 11.7. The van der Waals surface area contributed by atoms with Gasteiger partial charge in [0, 0.05) is 12.6 Å². The second kappa shape index (κ2) is 8.04. The lowest BCUT2D eigenvalue weighted by atomic mass is 10.1. The SMILES string of the molecule is CC(=O)Nc1cccc(C(C)NC(=O)c2nnn(-c3ccc(C)cc3)c2C)c1. The van der Waals surface area contributed by atoms with Gasteiger partial charge in [-0.2, -0.15) is 0 Å². The Morgan fingerprint density at radius 2 is 1.79 bits per heavy atom. The molecule has 0 saturated heterocycles. The molecule has 0 aliphatic rings. The lowest BCUT2D eigenvalue weighted by molar-refractivity contribution is -0.114. The molecule has 0 aliphatic carbocycles. The van der Waals surface area contributed by atoms with Crippen LogP contribution < -0.4 is 10.6 Å². The summed E-state index contributed by atoms with van der Waals surface area (Å²) >= 11 is 0. The van der Waals surface area contributed by atoms with Gasteiger partial charge in [0.15, 0.2) is 5.69 Å². The number of benzene rings is 2. The third kappa shape index (κ3) is 4.25. The number of carbonyl (C=O) groups is 2. The molecule has 0 bridgehead atoms. The number of nitrogens with one attached hydrogen (secondary N) is 2. The van der Waals surface area contributed by atoms with Crippen LogP contribution in [0.2, 0.25) is 0 Å². The van der Waals surface area contributed by atoms with E-state index in [2.05, 4.69) is 20.9 Å². The van der Waals surface area contributed by atoms with E-state index in [4.69, 9.17) is 0 Å². The summed E-state index contributed by atoms with van der Waals surface area (Å²) in [5.74, 6) is -0.439. The monoisotopic (exact) mass is 377 g/mol. The van der Waals surface area contributed by atoms with Gasteiger partial charge in [-0.25, -0.2) is 4.68 Å². The van der Waals surface area contributed by atoms with Gasteiger partial charge < -0.3 is 10.6 Å². The molecule has 0 fully saturated rings. The molecule has 2 amide bonds. The number of anilines is 1. The van der Waals surface area contributed by atoms with E-state index in [1.54, 1.807) is 10.7 Å². The van der Waals surface area contributed by atoms with Crippen molar-refractivity contribution in [3.8, 4) is 5.69 Å². The number of hydrogen-bond acceptors (Lipinski definition) is 4. The van der Waals surface area contributed by atoms with Crippen molar-refractivity contribution in [2.75, 3.05) is 5.32 Å². The van der Waals surface area contributed by atoms with Gasteiger partial charge in [0.1, 0.15) is 0 Å². The van der Waals surface area contributed by atoms with Gasteiger partial charge in [0.25, 0.3) is 5.91 Å². The predicted octanol–water partition coefficient (Wildman–Crippen LogP) is 3.33. The molecule has 0 aliphatic heterocycles. The summed E-state index contributed by atoms with van der Waals surface area (Å²) in [7, 11) is 0. The average molecular weight is 377 g/mol. The van der Waals surface area contributed by atoms with Gasteiger partial charge in [-0.1, -0.05) is 35.0 Å². The first kappa shape index (κ1) is 19.3. The lowest BCUT2D eigenvalue weighted by Crippen LogP contribution is -2.27. The zero-order valence-corrected chi connectivity index (χ0v) is 16.4. The first-order valence-corrected chi connectivity index (χ1v) is 9.03. The minimum absolute atomic E-state index is 0.141. The molecule has 3 rings (SSSR count). The number of carbonyl (C=O) groups excluding carboxylic acids is 2. The first-order chi connectivity index (χ1) is 13.3. The standard InChI is InChI=1S/C21H23N5O2/c1-13-8-10-19(11-9-13)26-15(3)20(24-25-26)21(28)22-14(2)17-6-5-7-18(12-17)23-16(4)27/h5-12,14H,1-4H3,(H,22,28)(H,23,27). The molecule has 7 nitrogen and oxygen atoms in total. The van der Waals surface area contributed by atoms with Crippen LogP contribution in [0.15, 0.2) is 48.5 Å². The third-order valence-electron chi connectivity index (χ3n) is 4.44. The molecule has 1 unspecified atom stereocenters. The lowest BCUT2D eigenvalue weighted by Gasteiger charge is -2.15. The number of aromatic nitrogens is 3. The Balaban J connectivity index is 1.76. The van der Waals surface area contributed by atoms with Crippen molar-refractivity contribution in [1.82, 2.24) is 20.3 Å². The molecule has 7 heteroatoms. The summed E-state index contributed by atoms with van der Waals surface area (Å²) in [5, 5.41) is 13.9. The number of rotatable bonds is 5. The number of nitrogens with zero attached hydrogens (tertiary/aromatic N) is 3. The molecule has 2 aromatic carbocycles. The molecule has 0 spiro atoms. The van der Waals surface area contributed by atoms with Crippen LogP contribution in [0, 0.1) is 13.8 Å². The summed E-state index contributed by atoms with van der Waals surface area (Å²) in [4.78, 5) is 23.9. The van der Waals surface area contributed by atoms with Crippen molar-refractivity contribution in [2.24, 2.45) is 0 Å². The van der Waals surface area contributed by atoms with Crippen LogP contribution in [0.3, 0.4) is 0 Å². The Kier molecular flexibility index (Phi) is 5.54. The second-order valence-electron chi connectivity index (χ2n) is 6.77. The maximum absolute atomic E-state index is 12.7. The quantitative estimate of drug-likeness (QED) is 0.714. The van der Waals surface area contributed by atoms with E-state index in [0.717, 1.165) is 16.8 Å². The first-order valence-electron chi connectivity index (χ1n) is 9.03. The fourth-order valence-corrected chi connectivity index (χ4v) is 2.91. The number of hydrogen-bond donors (Lipinski definition) is 2. The summed E-state index contributed by atoms with van der Waals surface area (Å²) < 4.78 is 1.65. The molecular formula is C21H23N5O2. The van der Waals surface area contributed by atoms with E-state index in [0.29, 0.717) is 11.4 Å². The van der Waals surface area contributed by atoms with Crippen molar-refractivity contribution in [3.63, 3.8) is 0 Å². The smallest absolute Gasteiger partial charge is 0.274 e. The highest BCUT2D eigenvalue weighted by Crippen LogP contribution is 2.19. The molecule has 1 atom stereocenters. The second-order valence-corrected chi connectivity index (χ2v) is 6.77. The summed E-state index contributed by atoms with van der Waals surface area (Å²) in [5.41, 5.74) is 4.52. The Hall–Kier alpha value is -3.48. The number of amides is 2. The minimum Gasteiger partial charge on any atom is -0.344 e. The van der Waals surface area contributed by atoms with E-state index in [9.17, 15) is 9.59 Å². The van der Waals surface area contributed by atoms with Crippen LogP contribution in [-0.2, 0) is 4.79 Å².